The van der Waals surface area contributed by atoms with Crippen molar-refractivity contribution in [1.29, 1.82) is 0 Å². The van der Waals surface area contributed by atoms with Gasteiger partial charge in [0.25, 0.3) is 5.91 Å². The summed E-state index contributed by atoms with van der Waals surface area (Å²) in [5, 5.41) is 17.3. The number of nitrogens with zero attached hydrogens (tertiary/aromatic N) is 3. The molecule has 0 atom stereocenters. The molecule has 1 aliphatic rings. The summed E-state index contributed by atoms with van der Waals surface area (Å²) in [6, 6.07) is 20.3. The number of phenols is 1. The molecule has 0 saturated carbocycles. The molecule has 0 spiro atoms. The van der Waals surface area contributed by atoms with Crippen molar-refractivity contribution >= 4 is 67.7 Å². The van der Waals surface area contributed by atoms with Gasteiger partial charge in [-0.1, -0.05) is 41.1 Å². The van der Waals surface area contributed by atoms with Crippen LogP contribution in [0.25, 0.3) is 16.3 Å². The molecular weight excluding hydrogens is 502 g/mol. The van der Waals surface area contributed by atoms with Crippen LogP contribution in [0.2, 0.25) is 5.02 Å². The number of ether oxygens (including phenoxy) is 1. The first kappa shape index (κ1) is 23.4. The fraction of sp³-hybridized carbons (Fsp3) is 0.115. The lowest BCUT2D eigenvalue weighted by molar-refractivity contribution is -0.114. The molecule has 2 heterocycles. The van der Waals surface area contributed by atoms with Crippen molar-refractivity contribution in [2.45, 2.75) is 11.8 Å². The molecule has 0 radical (unpaired) electrons. The number of aromatic nitrogens is 1. The smallest absolute Gasteiger partial charge is 0.282 e. The van der Waals surface area contributed by atoms with Crippen molar-refractivity contribution in [2.75, 3.05) is 17.4 Å². The predicted octanol–water partition coefficient (Wildman–Crippen LogP) is 6.63. The van der Waals surface area contributed by atoms with Crippen LogP contribution in [0.5, 0.6) is 11.5 Å². The van der Waals surface area contributed by atoms with Crippen molar-refractivity contribution in [2.24, 2.45) is 5.10 Å². The number of benzene rings is 3. The van der Waals surface area contributed by atoms with E-state index in [4.69, 9.17) is 16.3 Å². The quantitative estimate of drug-likeness (QED) is 0.218. The molecular formula is C26H20ClN3O3S2. The SMILES string of the molecule is CCOc1cc(/C=C2/C(=O)N(c3nc4ccccc4s3)N=C2CSc2ccc(Cl)cc2)ccc1O. The van der Waals surface area contributed by atoms with Crippen LogP contribution in [0.4, 0.5) is 5.13 Å². The highest BCUT2D eigenvalue weighted by Crippen LogP contribution is 2.35. The van der Waals surface area contributed by atoms with E-state index in [2.05, 4.69) is 10.1 Å². The number of hydrazone groups is 1. The Kier molecular flexibility index (Phi) is 6.77. The van der Waals surface area contributed by atoms with E-state index in [9.17, 15) is 9.90 Å². The van der Waals surface area contributed by atoms with Crippen LogP contribution < -0.4 is 9.75 Å². The lowest BCUT2D eigenvalue weighted by atomic mass is 10.1. The third-order valence-electron chi connectivity index (χ3n) is 5.20. The van der Waals surface area contributed by atoms with E-state index in [1.54, 1.807) is 36.0 Å². The monoisotopic (exact) mass is 521 g/mol. The normalized spacial score (nSPS) is 14.7. The Balaban J connectivity index is 1.50. The van der Waals surface area contributed by atoms with Gasteiger partial charge in [0, 0.05) is 15.7 Å². The van der Waals surface area contributed by atoms with E-state index >= 15 is 0 Å². The van der Waals surface area contributed by atoms with E-state index in [1.165, 1.54) is 16.3 Å². The zero-order valence-corrected chi connectivity index (χ0v) is 21.0. The number of halogens is 1. The van der Waals surface area contributed by atoms with Gasteiger partial charge >= 0.3 is 0 Å². The number of carbonyl (C=O) groups is 1. The Morgan fingerprint density at radius 3 is 2.71 bits per heavy atom. The van der Waals surface area contributed by atoms with E-state index in [0.717, 1.165) is 20.7 Å². The van der Waals surface area contributed by atoms with Crippen LogP contribution in [-0.2, 0) is 4.79 Å². The Hall–Kier alpha value is -3.33. The number of thiazole rings is 1. The molecule has 1 amide bonds. The summed E-state index contributed by atoms with van der Waals surface area (Å²) in [6.45, 7) is 2.27. The van der Waals surface area contributed by atoms with Crippen molar-refractivity contribution in [1.82, 2.24) is 4.98 Å². The fourth-order valence-electron chi connectivity index (χ4n) is 3.53. The van der Waals surface area contributed by atoms with Gasteiger partial charge in [-0.15, -0.1) is 11.8 Å². The minimum absolute atomic E-state index is 0.0510. The number of phenolic OH excluding ortho intramolecular Hbond substituents is 1. The van der Waals surface area contributed by atoms with Gasteiger partial charge < -0.3 is 9.84 Å². The second kappa shape index (κ2) is 10.1. The van der Waals surface area contributed by atoms with E-state index in [1.807, 2.05) is 55.5 Å². The molecule has 0 fully saturated rings. The highest BCUT2D eigenvalue weighted by Gasteiger charge is 2.33. The number of fused-ring (bicyclic) bond motifs is 1. The van der Waals surface area contributed by atoms with Crippen LogP contribution in [0.3, 0.4) is 0 Å². The maximum Gasteiger partial charge on any atom is 0.282 e. The minimum atomic E-state index is -0.248. The van der Waals surface area contributed by atoms with Crippen molar-refractivity contribution in [3.05, 3.63) is 82.9 Å². The molecule has 35 heavy (non-hydrogen) atoms. The summed E-state index contributed by atoms with van der Waals surface area (Å²) >= 11 is 9.00. The molecule has 5 rings (SSSR count). The minimum Gasteiger partial charge on any atom is -0.504 e. The van der Waals surface area contributed by atoms with Crippen molar-refractivity contribution in [3.63, 3.8) is 0 Å². The second-order valence-electron chi connectivity index (χ2n) is 7.59. The summed E-state index contributed by atoms with van der Waals surface area (Å²) < 4.78 is 6.49. The maximum absolute atomic E-state index is 13.5. The zero-order valence-electron chi connectivity index (χ0n) is 18.6. The van der Waals surface area contributed by atoms with Gasteiger partial charge in [-0.2, -0.15) is 10.1 Å². The second-order valence-corrected chi connectivity index (χ2v) is 10.1. The standard InChI is InChI=1S/C26H20ClN3O3S2/c1-2-33-23-14-16(7-12-22(23)31)13-19-21(15-34-18-10-8-17(27)9-11-18)29-30(25(19)32)26-28-20-5-3-4-6-24(20)35-26/h3-14,31H,2,15H2,1H3/b19-13+. The largest absolute Gasteiger partial charge is 0.504 e. The van der Waals surface area contributed by atoms with Gasteiger partial charge in [0.05, 0.1) is 28.1 Å². The molecule has 1 aliphatic heterocycles. The molecule has 0 saturated heterocycles. The van der Waals surface area contributed by atoms with Crippen LogP contribution >= 0.6 is 34.7 Å². The molecule has 6 nitrogen and oxygen atoms in total. The first-order valence-electron chi connectivity index (χ1n) is 10.9. The molecule has 176 valence electrons. The molecule has 1 aromatic heterocycles. The number of anilines is 1. The van der Waals surface area contributed by atoms with Gasteiger partial charge in [0.15, 0.2) is 11.5 Å². The average molecular weight is 522 g/mol. The van der Waals surface area contributed by atoms with Crippen molar-refractivity contribution in [3.8, 4) is 11.5 Å². The van der Waals surface area contributed by atoms with Gasteiger partial charge in [-0.25, -0.2) is 4.98 Å². The number of hydrogen-bond acceptors (Lipinski definition) is 7. The highest BCUT2D eigenvalue weighted by atomic mass is 35.5. The molecule has 3 aromatic carbocycles. The number of thioether (sulfide) groups is 1. The third-order valence-corrected chi connectivity index (χ3v) is 7.49. The number of para-hydroxylation sites is 1. The summed E-state index contributed by atoms with van der Waals surface area (Å²) in [4.78, 5) is 19.2. The number of carbonyl (C=O) groups excluding carboxylic acids is 1. The average Bonchev–Trinajstić information content (AvgIpc) is 3.42. The number of hydrogen-bond donors (Lipinski definition) is 1. The predicted molar refractivity (Wildman–Crippen MR) is 144 cm³/mol. The van der Waals surface area contributed by atoms with E-state index < -0.39 is 0 Å². The first-order valence-corrected chi connectivity index (χ1v) is 13.0. The molecule has 0 bridgehead atoms. The fourth-order valence-corrected chi connectivity index (χ4v) is 5.42. The van der Waals surface area contributed by atoms with Gasteiger partial charge in [-0.05, 0) is 67.1 Å². The lowest BCUT2D eigenvalue weighted by Gasteiger charge is -2.08. The molecule has 0 unspecified atom stereocenters. The Morgan fingerprint density at radius 1 is 1.14 bits per heavy atom. The zero-order chi connectivity index (χ0) is 24.4. The highest BCUT2D eigenvalue weighted by molar-refractivity contribution is 8.00. The lowest BCUT2D eigenvalue weighted by Crippen LogP contribution is -2.21. The Bertz CT molecular complexity index is 1430. The maximum atomic E-state index is 13.5. The molecule has 4 aromatic rings. The van der Waals surface area contributed by atoms with E-state index in [0.29, 0.717) is 39.5 Å². The summed E-state index contributed by atoms with van der Waals surface area (Å²) in [5.41, 5.74) is 2.66. The summed E-state index contributed by atoms with van der Waals surface area (Å²) in [6.07, 6.45) is 1.78. The Labute approximate surface area is 215 Å². The molecule has 0 aliphatic carbocycles. The van der Waals surface area contributed by atoms with Gasteiger partial charge in [-0.3, -0.25) is 4.79 Å². The summed E-state index contributed by atoms with van der Waals surface area (Å²) in [7, 11) is 0. The van der Waals surface area contributed by atoms with Gasteiger partial charge in [0.2, 0.25) is 5.13 Å². The van der Waals surface area contributed by atoms with Crippen LogP contribution in [0.1, 0.15) is 12.5 Å². The number of rotatable bonds is 7. The van der Waals surface area contributed by atoms with Gasteiger partial charge in [0.1, 0.15) is 0 Å². The number of aromatic hydroxyl groups is 1. The van der Waals surface area contributed by atoms with Crippen LogP contribution in [-0.4, -0.2) is 34.1 Å². The van der Waals surface area contributed by atoms with E-state index in [-0.39, 0.29) is 11.7 Å². The topological polar surface area (TPSA) is 75.0 Å². The van der Waals surface area contributed by atoms with Crippen LogP contribution in [0, 0.1) is 0 Å². The Morgan fingerprint density at radius 2 is 1.94 bits per heavy atom. The third kappa shape index (κ3) is 5.05. The van der Waals surface area contributed by atoms with Crippen LogP contribution in [0.15, 0.2) is 82.3 Å². The van der Waals surface area contributed by atoms with Crippen molar-refractivity contribution < 1.29 is 14.6 Å². The first-order chi connectivity index (χ1) is 17.0. The molecule has 1 N–H and O–H groups in total. The number of amides is 1. The summed E-state index contributed by atoms with van der Waals surface area (Å²) in [5.74, 6) is 0.651. The molecule has 9 heteroatoms.